The Hall–Kier alpha value is -0.120. The molecule has 0 radical (unpaired) electrons. The summed E-state index contributed by atoms with van der Waals surface area (Å²) >= 11 is 0. The Morgan fingerprint density at radius 1 is 1.35 bits per heavy atom. The van der Waals surface area contributed by atoms with Crippen LogP contribution in [0.2, 0.25) is 0 Å². The van der Waals surface area contributed by atoms with E-state index in [1.165, 1.54) is 45.2 Å². The second kappa shape index (κ2) is 5.68. The van der Waals surface area contributed by atoms with Crippen molar-refractivity contribution in [2.24, 2.45) is 5.92 Å². The molecule has 17 heavy (non-hydrogen) atoms. The minimum absolute atomic E-state index is 0.0168. The quantitative estimate of drug-likeness (QED) is 0.766. The van der Waals surface area contributed by atoms with Crippen LogP contribution in [-0.4, -0.2) is 48.3 Å². The monoisotopic (exact) mass is 240 g/mol. The molecule has 1 heterocycles. The fourth-order valence-corrected chi connectivity index (χ4v) is 3.83. The number of hydrogen-bond donors (Lipinski definition) is 2. The predicted molar refractivity (Wildman–Crippen MR) is 71.1 cm³/mol. The van der Waals surface area contributed by atoms with Gasteiger partial charge in [0.2, 0.25) is 0 Å². The van der Waals surface area contributed by atoms with Crippen molar-refractivity contribution in [3.05, 3.63) is 0 Å². The highest BCUT2D eigenvalue weighted by atomic mass is 16.3. The Balaban J connectivity index is 1.85. The second-order valence-electron chi connectivity index (χ2n) is 5.97. The lowest BCUT2D eigenvalue weighted by Gasteiger charge is -2.35. The zero-order valence-corrected chi connectivity index (χ0v) is 11.4. The molecule has 2 N–H and O–H groups in total. The van der Waals surface area contributed by atoms with Crippen LogP contribution in [-0.2, 0) is 0 Å². The van der Waals surface area contributed by atoms with E-state index in [1.807, 2.05) is 7.05 Å². The van der Waals surface area contributed by atoms with Crippen LogP contribution in [0.5, 0.6) is 0 Å². The van der Waals surface area contributed by atoms with Crippen LogP contribution in [0.1, 0.15) is 45.4 Å². The smallest absolute Gasteiger partial charge is 0.0615 e. The van der Waals surface area contributed by atoms with Crippen molar-refractivity contribution in [3.8, 4) is 0 Å². The van der Waals surface area contributed by atoms with Gasteiger partial charge in [-0.1, -0.05) is 6.42 Å². The molecular formula is C14H28N2O. The molecule has 1 aliphatic carbocycles. The van der Waals surface area contributed by atoms with Gasteiger partial charge in [-0.05, 0) is 65.1 Å². The summed E-state index contributed by atoms with van der Waals surface area (Å²) in [5.41, 5.74) is 0.0168. The average Bonchev–Trinajstić information content (AvgIpc) is 2.93. The lowest BCUT2D eigenvalue weighted by atomic mass is 9.85. The van der Waals surface area contributed by atoms with Crippen LogP contribution in [0.25, 0.3) is 0 Å². The van der Waals surface area contributed by atoms with Crippen molar-refractivity contribution >= 4 is 0 Å². The Bertz CT molecular complexity index is 240. The van der Waals surface area contributed by atoms with Crippen molar-refractivity contribution in [2.75, 3.05) is 26.7 Å². The van der Waals surface area contributed by atoms with Gasteiger partial charge in [0.25, 0.3) is 0 Å². The minimum atomic E-state index is 0.0168. The van der Waals surface area contributed by atoms with Gasteiger partial charge < -0.3 is 15.3 Å². The molecule has 0 aromatic carbocycles. The van der Waals surface area contributed by atoms with Gasteiger partial charge in [0.15, 0.2) is 0 Å². The molecule has 3 unspecified atom stereocenters. The van der Waals surface area contributed by atoms with E-state index in [4.69, 9.17) is 0 Å². The Kier molecular flexibility index (Phi) is 4.45. The summed E-state index contributed by atoms with van der Waals surface area (Å²) in [6.07, 6.45) is 7.65. The number of hydrogen-bond acceptors (Lipinski definition) is 3. The summed E-state index contributed by atoms with van der Waals surface area (Å²) in [4.78, 5) is 2.62. The second-order valence-corrected chi connectivity index (χ2v) is 5.97. The van der Waals surface area contributed by atoms with Crippen LogP contribution < -0.4 is 5.32 Å². The fraction of sp³-hybridized carbons (Fsp3) is 1.00. The number of likely N-dealkylation sites (N-methyl/N-ethyl adjacent to an activating group) is 1. The van der Waals surface area contributed by atoms with Gasteiger partial charge >= 0.3 is 0 Å². The zero-order valence-electron chi connectivity index (χ0n) is 11.4. The molecule has 0 bridgehead atoms. The highest BCUT2D eigenvalue weighted by Gasteiger charge is 2.41. The largest absolute Gasteiger partial charge is 0.394 e. The van der Waals surface area contributed by atoms with Gasteiger partial charge in [-0.3, -0.25) is 0 Å². The van der Waals surface area contributed by atoms with Crippen molar-refractivity contribution in [2.45, 2.75) is 57.0 Å². The van der Waals surface area contributed by atoms with Crippen molar-refractivity contribution < 1.29 is 5.11 Å². The normalized spacial score (nSPS) is 39.0. The number of nitrogens with one attached hydrogen (secondary N) is 1. The molecule has 2 aliphatic rings. The van der Waals surface area contributed by atoms with E-state index in [0.717, 1.165) is 12.5 Å². The van der Waals surface area contributed by atoms with Gasteiger partial charge in [-0.25, -0.2) is 0 Å². The molecule has 3 atom stereocenters. The number of likely N-dealkylation sites (tertiary alicyclic amines) is 1. The van der Waals surface area contributed by atoms with Gasteiger partial charge in [0, 0.05) is 11.6 Å². The fourth-order valence-electron chi connectivity index (χ4n) is 3.83. The Labute approximate surface area is 106 Å². The van der Waals surface area contributed by atoms with Crippen LogP contribution in [0.4, 0.5) is 0 Å². The van der Waals surface area contributed by atoms with Gasteiger partial charge in [0.1, 0.15) is 0 Å². The summed E-state index contributed by atoms with van der Waals surface area (Å²) in [5.74, 6) is 0.658. The van der Waals surface area contributed by atoms with Crippen molar-refractivity contribution in [3.63, 3.8) is 0 Å². The maximum absolute atomic E-state index is 9.65. The number of aliphatic hydroxyl groups excluding tert-OH is 1. The molecule has 1 saturated carbocycles. The number of aliphatic hydroxyl groups is 1. The molecule has 2 rings (SSSR count). The van der Waals surface area contributed by atoms with Crippen LogP contribution in [0.3, 0.4) is 0 Å². The van der Waals surface area contributed by atoms with Crippen LogP contribution >= 0.6 is 0 Å². The summed E-state index contributed by atoms with van der Waals surface area (Å²) < 4.78 is 0. The summed E-state index contributed by atoms with van der Waals surface area (Å²) in [6.45, 7) is 5.14. The third kappa shape index (κ3) is 2.67. The van der Waals surface area contributed by atoms with E-state index in [9.17, 15) is 5.11 Å². The number of nitrogens with zero attached hydrogens (tertiary/aromatic N) is 1. The van der Waals surface area contributed by atoms with Crippen LogP contribution in [0, 0.1) is 5.92 Å². The topological polar surface area (TPSA) is 35.5 Å². The van der Waals surface area contributed by atoms with Crippen molar-refractivity contribution in [1.29, 1.82) is 0 Å². The lowest BCUT2D eigenvalue weighted by Crippen LogP contribution is -2.50. The molecule has 1 saturated heterocycles. The van der Waals surface area contributed by atoms with E-state index in [1.54, 1.807) is 0 Å². The van der Waals surface area contributed by atoms with Crippen LogP contribution in [0.15, 0.2) is 0 Å². The first kappa shape index (κ1) is 13.3. The first-order valence-electron chi connectivity index (χ1n) is 7.25. The molecule has 1 aliphatic heterocycles. The standard InChI is InChI=1S/C14H28N2O/c1-12-5-4-9-16(12)10-7-13-6-3-8-14(13,11-17)15-2/h12-13,15,17H,3-11H2,1-2H3. The van der Waals surface area contributed by atoms with Gasteiger partial charge in [0.05, 0.1) is 6.61 Å². The minimum Gasteiger partial charge on any atom is -0.394 e. The molecule has 0 aromatic heterocycles. The average molecular weight is 240 g/mol. The van der Waals surface area contributed by atoms with Gasteiger partial charge in [-0.2, -0.15) is 0 Å². The summed E-state index contributed by atoms with van der Waals surface area (Å²) in [5, 5.41) is 13.1. The van der Waals surface area contributed by atoms with E-state index in [0.29, 0.717) is 12.5 Å². The Morgan fingerprint density at radius 2 is 2.18 bits per heavy atom. The SMILES string of the molecule is CNC1(CO)CCCC1CCN1CCCC1C. The highest BCUT2D eigenvalue weighted by Crippen LogP contribution is 2.37. The van der Waals surface area contributed by atoms with E-state index < -0.39 is 0 Å². The summed E-state index contributed by atoms with van der Waals surface area (Å²) in [7, 11) is 2.01. The Morgan fingerprint density at radius 3 is 2.76 bits per heavy atom. The molecule has 2 fully saturated rings. The molecule has 3 nitrogen and oxygen atoms in total. The maximum Gasteiger partial charge on any atom is 0.0615 e. The van der Waals surface area contributed by atoms with Gasteiger partial charge in [-0.15, -0.1) is 0 Å². The molecular weight excluding hydrogens is 212 g/mol. The van der Waals surface area contributed by atoms with E-state index >= 15 is 0 Å². The molecule has 0 aromatic rings. The zero-order chi connectivity index (χ0) is 12.3. The lowest BCUT2D eigenvalue weighted by molar-refractivity contribution is 0.117. The molecule has 0 amide bonds. The van der Waals surface area contributed by atoms with E-state index in [2.05, 4.69) is 17.1 Å². The maximum atomic E-state index is 9.65. The first-order valence-corrected chi connectivity index (χ1v) is 7.25. The highest BCUT2D eigenvalue weighted by molar-refractivity contribution is 4.98. The van der Waals surface area contributed by atoms with Crippen molar-refractivity contribution in [1.82, 2.24) is 10.2 Å². The summed E-state index contributed by atoms with van der Waals surface area (Å²) in [6, 6.07) is 0.773. The van der Waals surface area contributed by atoms with E-state index in [-0.39, 0.29) is 5.54 Å². The first-order chi connectivity index (χ1) is 8.22. The molecule has 0 spiro atoms. The third-order valence-electron chi connectivity index (χ3n) is 5.19. The number of rotatable bonds is 5. The molecule has 100 valence electrons. The third-order valence-corrected chi connectivity index (χ3v) is 5.19. The molecule has 3 heteroatoms. The predicted octanol–water partition coefficient (Wildman–Crippen LogP) is 1.61.